The first-order chi connectivity index (χ1) is 5.76. The Hall–Kier alpha value is -0.830. The number of rotatable bonds is 3. The van der Waals surface area contributed by atoms with Crippen LogP contribution in [-0.4, -0.2) is 11.7 Å². The van der Waals surface area contributed by atoms with Gasteiger partial charge in [-0.1, -0.05) is 5.16 Å². The van der Waals surface area contributed by atoms with Gasteiger partial charge in [-0.05, 0) is 38.1 Å². The molecule has 1 aromatic rings. The van der Waals surface area contributed by atoms with E-state index in [9.17, 15) is 0 Å². The lowest BCUT2D eigenvalue weighted by Gasteiger charge is -2.09. The second-order valence-corrected chi connectivity index (χ2v) is 3.79. The number of aromatic nitrogens is 1. The quantitative estimate of drug-likeness (QED) is 0.735. The van der Waals surface area contributed by atoms with Crippen molar-refractivity contribution in [1.82, 2.24) is 5.16 Å². The van der Waals surface area contributed by atoms with Gasteiger partial charge in [0.05, 0.1) is 6.20 Å². The highest BCUT2D eigenvalue weighted by Crippen LogP contribution is 2.47. The lowest BCUT2D eigenvalue weighted by atomic mass is 9.98. The van der Waals surface area contributed by atoms with Gasteiger partial charge in [0.1, 0.15) is 5.76 Å². The summed E-state index contributed by atoms with van der Waals surface area (Å²) in [6.45, 7) is 2.74. The van der Waals surface area contributed by atoms with Crippen LogP contribution < -0.4 is 5.73 Å². The molecule has 1 aromatic heterocycles. The molecule has 0 saturated heterocycles. The van der Waals surface area contributed by atoms with Crippen LogP contribution in [0.4, 0.5) is 0 Å². The van der Waals surface area contributed by atoms with E-state index >= 15 is 0 Å². The van der Waals surface area contributed by atoms with Crippen molar-refractivity contribution in [3.63, 3.8) is 0 Å². The Balaban J connectivity index is 2.08. The first-order valence-corrected chi connectivity index (χ1v) is 4.36. The Bertz CT molecular complexity index is 276. The second kappa shape index (κ2) is 2.59. The molecular formula is C9H14N2O. The molecule has 3 nitrogen and oxygen atoms in total. The molecule has 1 heterocycles. The smallest absolute Gasteiger partial charge is 0.136 e. The first kappa shape index (κ1) is 7.80. The van der Waals surface area contributed by atoms with Crippen molar-refractivity contribution in [2.24, 2.45) is 11.1 Å². The maximum Gasteiger partial charge on any atom is 0.136 e. The molecule has 0 spiro atoms. The maximum absolute atomic E-state index is 5.68. The highest BCUT2D eigenvalue weighted by atomic mass is 16.5. The highest BCUT2D eigenvalue weighted by Gasteiger charge is 2.41. The minimum absolute atomic E-state index is 0.385. The van der Waals surface area contributed by atoms with Gasteiger partial charge in [-0.15, -0.1) is 0 Å². The summed E-state index contributed by atoms with van der Waals surface area (Å²) in [5, 5.41) is 3.75. The molecule has 2 N–H and O–H groups in total. The number of nitrogens with two attached hydrogens (primary N) is 1. The summed E-state index contributed by atoms with van der Waals surface area (Å²) in [4.78, 5) is 0. The lowest BCUT2D eigenvalue weighted by Crippen LogP contribution is -2.17. The summed E-state index contributed by atoms with van der Waals surface area (Å²) >= 11 is 0. The van der Waals surface area contributed by atoms with E-state index in [0.717, 1.165) is 18.7 Å². The van der Waals surface area contributed by atoms with E-state index in [2.05, 4.69) is 5.16 Å². The fourth-order valence-corrected chi connectivity index (χ4v) is 1.52. The molecule has 0 radical (unpaired) electrons. The molecule has 1 aliphatic carbocycles. The maximum atomic E-state index is 5.68. The lowest BCUT2D eigenvalue weighted by molar-refractivity contribution is 0.394. The van der Waals surface area contributed by atoms with Crippen LogP contribution >= 0.6 is 0 Å². The van der Waals surface area contributed by atoms with Crippen LogP contribution in [0.1, 0.15) is 24.2 Å². The number of nitrogens with zero attached hydrogens (tertiary/aromatic N) is 1. The van der Waals surface area contributed by atoms with Crippen molar-refractivity contribution in [2.45, 2.75) is 26.2 Å². The minimum Gasteiger partial charge on any atom is -0.361 e. The van der Waals surface area contributed by atoms with Gasteiger partial charge < -0.3 is 10.3 Å². The average molecular weight is 166 g/mol. The Morgan fingerprint density at radius 1 is 1.67 bits per heavy atom. The Labute approximate surface area is 71.9 Å². The van der Waals surface area contributed by atoms with Gasteiger partial charge >= 0.3 is 0 Å². The third kappa shape index (κ3) is 1.25. The highest BCUT2D eigenvalue weighted by molar-refractivity contribution is 5.17. The second-order valence-electron chi connectivity index (χ2n) is 3.79. The standard InChI is InChI=1S/C9H14N2O/c1-7-8(5-11-12-7)4-9(6-10)2-3-9/h5H,2-4,6,10H2,1H3. The minimum atomic E-state index is 0.385. The Morgan fingerprint density at radius 2 is 2.42 bits per heavy atom. The molecule has 12 heavy (non-hydrogen) atoms. The first-order valence-electron chi connectivity index (χ1n) is 4.36. The fraction of sp³-hybridized carbons (Fsp3) is 0.667. The van der Waals surface area contributed by atoms with E-state index in [1.165, 1.54) is 18.4 Å². The van der Waals surface area contributed by atoms with E-state index in [1.807, 2.05) is 13.1 Å². The third-order valence-corrected chi connectivity index (χ3v) is 2.81. The summed E-state index contributed by atoms with van der Waals surface area (Å²) < 4.78 is 4.99. The van der Waals surface area contributed by atoms with Crippen LogP contribution in [0.3, 0.4) is 0 Å². The van der Waals surface area contributed by atoms with Gasteiger partial charge in [-0.2, -0.15) is 0 Å². The molecule has 0 amide bonds. The fourth-order valence-electron chi connectivity index (χ4n) is 1.52. The predicted octanol–water partition coefficient (Wildman–Crippen LogP) is 1.26. The monoisotopic (exact) mass is 166 g/mol. The SMILES string of the molecule is Cc1oncc1CC1(CN)CC1. The average Bonchev–Trinajstić information content (AvgIpc) is 2.74. The van der Waals surface area contributed by atoms with Crippen molar-refractivity contribution < 1.29 is 4.52 Å². The van der Waals surface area contributed by atoms with Gasteiger partial charge in [0.2, 0.25) is 0 Å². The number of hydrogen-bond donors (Lipinski definition) is 1. The zero-order chi connectivity index (χ0) is 8.60. The molecule has 0 bridgehead atoms. The molecule has 1 fully saturated rings. The molecule has 1 saturated carbocycles. The van der Waals surface area contributed by atoms with Gasteiger partial charge in [0, 0.05) is 5.56 Å². The largest absolute Gasteiger partial charge is 0.361 e. The van der Waals surface area contributed by atoms with Crippen LogP contribution in [-0.2, 0) is 6.42 Å². The molecule has 0 atom stereocenters. The van der Waals surface area contributed by atoms with E-state index < -0.39 is 0 Å². The molecule has 0 unspecified atom stereocenters. The molecule has 3 heteroatoms. The number of hydrogen-bond acceptors (Lipinski definition) is 3. The summed E-state index contributed by atoms with van der Waals surface area (Å²) in [5.41, 5.74) is 7.29. The van der Waals surface area contributed by atoms with Crippen LogP contribution in [0.5, 0.6) is 0 Å². The molecule has 2 rings (SSSR count). The van der Waals surface area contributed by atoms with Crippen molar-refractivity contribution in [3.05, 3.63) is 17.5 Å². The van der Waals surface area contributed by atoms with Gasteiger partial charge in [0.25, 0.3) is 0 Å². The third-order valence-electron chi connectivity index (χ3n) is 2.81. The number of aryl methyl sites for hydroxylation is 1. The molecule has 0 aliphatic heterocycles. The summed E-state index contributed by atoms with van der Waals surface area (Å²) in [5.74, 6) is 0.940. The molecule has 1 aliphatic rings. The zero-order valence-corrected chi connectivity index (χ0v) is 7.34. The van der Waals surface area contributed by atoms with Crippen molar-refractivity contribution in [2.75, 3.05) is 6.54 Å². The van der Waals surface area contributed by atoms with Crippen molar-refractivity contribution in [1.29, 1.82) is 0 Å². The Kier molecular flexibility index (Phi) is 1.68. The topological polar surface area (TPSA) is 52.0 Å². The van der Waals surface area contributed by atoms with E-state index in [0.29, 0.717) is 5.41 Å². The molecular weight excluding hydrogens is 152 g/mol. The predicted molar refractivity (Wildman–Crippen MR) is 45.7 cm³/mol. The summed E-state index contributed by atoms with van der Waals surface area (Å²) in [6, 6.07) is 0. The Morgan fingerprint density at radius 3 is 2.83 bits per heavy atom. The molecule has 0 aromatic carbocycles. The van der Waals surface area contributed by atoms with Gasteiger partial charge in [0.15, 0.2) is 0 Å². The summed E-state index contributed by atoms with van der Waals surface area (Å²) in [7, 11) is 0. The van der Waals surface area contributed by atoms with Gasteiger partial charge in [-0.3, -0.25) is 0 Å². The van der Waals surface area contributed by atoms with Crippen molar-refractivity contribution in [3.8, 4) is 0 Å². The van der Waals surface area contributed by atoms with Gasteiger partial charge in [-0.25, -0.2) is 0 Å². The van der Waals surface area contributed by atoms with Crippen LogP contribution in [0.2, 0.25) is 0 Å². The molecule has 66 valence electrons. The van der Waals surface area contributed by atoms with Crippen LogP contribution in [0, 0.1) is 12.3 Å². The van der Waals surface area contributed by atoms with E-state index in [4.69, 9.17) is 10.3 Å². The zero-order valence-electron chi connectivity index (χ0n) is 7.34. The summed E-state index contributed by atoms with van der Waals surface area (Å²) in [6.07, 6.45) is 5.37. The van der Waals surface area contributed by atoms with Crippen molar-refractivity contribution >= 4 is 0 Å². The van der Waals surface area contributed by atoms with Crippen LogP contribution in [0.15, 0.2) is 10.7 Å². The van der Waals surface area contributed by atoms with Crippen LogP contribution in [0.25, 0.3) is 0 Å². The van der Waals surface area contributed by atoms with E-state index in [-0.39, 0.29) is 0 Å². The normalized spacial score (nSPS) is 19.5. The van der Waals surface area contributed by atoms with E-state index in [1.54, 1.807) is 0 Å².